The molecule has 0 aliphatic rings. The third kappa shape index (κ3) is 3.61. The van der Waals surface area contributed by atoms with E-state index in [1.807, 2.05) is 14.0 Å². The van der Waals surface area contributed by atoms with Crippen LogP contribution in [-0.4, -0.2) is 28.3 Å². The average molecular weight is 234 g/mol. The zero-order valence-electron chi connectivity index (χ0n) is 10.4. The fraction of sp³-hybridized carbons (Fsp3) is 0.500. The molecule has 1 unspecified atom stereocenters. The van der Waals surface area contributed by atoms with Crippen molar-refractivity contribution in [1.29, 1.82) is 0 Å². The third-order valence-electron chi connectivity index (χ3n) is 2.69. The topological polar surface area (TPSA) is 59.0 Å². The van der Waals surface area contributed by atoms with Crippen molar-refractivity contribution in [3.63, 3.8) is 0 Å². The number of carbonyl (C=O) groups is 1. The molecule has 5 nitrogen and oxygen atoms in total. The van der Waals surface area contributed by atoms with Crippen LogP contribution in [0.25, 0.3) is 0 Å². The molecule has 0 saturated heterocycles. The molecule has 1 rings (SSSR count). The Morgan fingerprint density at radius 2 is 2.41 bits per heavy atom. The lowest BCUT2D eigenvalue weighted by atomic mass is 10.2. The fourth-order valence-electron chi connectivity index (χ4n) is 1.36. The molecule has 0 fully saturated rings. The maximum atomic E-state index is 11.5. The summed E-state index contributed by atoms with van der Waals surface area (Å²) in [7, 11) is 1.89. The molecule has 1 amide bonds. The highest BCUT2D eigenvalue weighted by atomic mass is 16.2. The van der Waals surface area contributed by atoms with Crippen LogP contribution in [0.15, 0.2) is 6.20 Å². The number of nitrogens with one attached hydrogen (secondary N) is 2. The second kappa shape index (κ2) is 6.06. The van der Waals surface area contributed by atoms with Gasteiger partial charge in [-0.25, -0.2) is 0 Å². The minimum atomic E-state index is -0.275. The van der Waals surface area contributed by atoms with E-state index < -0.39 is 0 Å². The third-order valence-corrected chi connectivity index (χ3v) is 2.69. The summed E-state index contributed by atoms with van der Waals surface area (Å²) in [4.78, 5) is 11.5. The van der Waals surface area contributed by atoms with Crippen LogP contribution in [0.3, 0.4) is 0 Å². The Hall–Kier alpha value is -1.80. The lowest BCUT2D eigenvalue weighted by molar-refractivity contribution is -0.122. The van der Waals surface area contributed by atoms with Crippen LogP contribution in [-0.2, 0) is 18.4 Å². The van der Waals surface area contributed by atoms with E-state index in [1.165, 1.54) is 0 Å². The summed E-state index contributed by atoms with van der Waals surface area (Å²) in [6, 6.07) is -0.275. The second-order valence-electron chi connectivity index (χ2n) is 3.90. The Bertz CT molecular complexity index is 430. The fourth-order valence-corrected chi connectivity index (χ4v) is 1.36. The van der Waals surface area contributed by atoms with E-state index in [0.29, 0.717) is 6.54 Å². The number of hydrogen-bond acceptors (Lipinski definition) is 3. The second-order valence-corrected chi connectivity index (χ2v) is 3.90. The van der Waals surface area contributed by atoms with Crippen LogP contribution >= 0.6 is 0 Å². The van der Waals surface area contributed by atoms with Gasteiger partial charge in [-0.05, 0) is 13.8 Å². The number of aryl methyl sites for hydroxylation is 1. The zero-order chi connectivity index (χ0) is 12.8. The predicted octanol–water partition coefficient (Wildman–Crippen LogP) is -0.0440. The Morgan fingerprint density at radius 3 is 2.94 bits per heavy atom. The Labute approximate surface area is 102 Å². The SMILES string of the molecule is C#CCNC(=O)C(C)NCc1cnn(C)c1C. The number of terminal acetylenes is 1. The maximum absolute atomic E-state index is 11.5. The van der Waals surface area contributed by atoms with Gasteiger partial charge in [0.25, 0.3) is 0 Å². The normalized spacial score (nSPS) is 11.9. The first-order valence-electron chi connectivity index (χ1n) is 5.48. The van der Waals surface area contributed by atoms with E-state index in [2.05, 4.69) is 21.7 Å². The number of aromatic nitrogens is 2. The van der Waals surface area contributed by atoms with Crippen molar-refractivity contribution >= 4 is 5.91 Å². The lowest BCUT2D eigenvalue weighted by Crippen LogP contribution is -2.41. The first-order chi connectivity index (χ1) is 8.06. The van der Waals surface area contributed by atoms with Crippen LogP contribution in [0.2, 0.25) is 0 Å². The standard InChI is InChI=1S/C12H18N4O/c1-5-6-13-12(17)9(2)14-7-11-8-15-16(4)10(11)3/h1,8-9,14H,6-7H2,2-4H3,(H,13,17). The van der Waals surface area contributed by atoms with Crippen molar-refractivity contribution in [2.24, 2.45) is 7.05 Å². The first-order valence-corrected chi connectivity index (χ1v) is 5.48. The Morgan fingerprint density at radius 1 is 1.71 bits per heavy atom. The van der Waals surface area contributed by atoms with E-state index in [0.717, 1.165) is 11.3 Å². The van der Waals surface area contributed by atoms with Gasteiger partial charge in [-0.15, -0.1) is 6.42 Å². The molecule has 0 aliphatic carbocycles. The van der Waals surface area contributed by atoms with Crippen molar-refractivity contribution in [2.75, 3.05) is 6.54 Å². The molecule has 0 bridgehead atoms. The molecule has 5 heteroatoms. The molecular weight excluding hydrogens is 216 g/mol. The number of hydrogen-bond donors (Lipinski definition) is 2. The minimum Gasteiger partial charge on any atom is -0.344 e. The van der Waals surface area contributed by atoms with E-state index in [-0.39, 0.29) is 18.5 Å². The molecule has 1 aromatic heterocycles. The molecule has 17 heavy (non-hydrogen) atoms. The average Bonchev–Trinajstić information content (AvgIpc) is 2.64. The molecule has 0 aromatic carbocycles. The van der Waals surface area contributed by atoms with Gasteiger partial charge in [0.05, 0.1) is 18.8 Å². The number of nitrogens with zero attached hydrogens (tertiary/aromatic N) is 2. The smallest absolute Gasteiger partial charge is 0.237 e. The highest BCUT2D eigenvalue weighted by molar-refractivity contribution is 5.81. The van der Waals surface area contributed by atoms with Crippen molar-refractivity contribution in [3.05, 3.63) is 17.5 Å². The van der Waals surface area contributed by atoms with Crippen LogP contribution in [0, 0.1) is 19.3 Å². The molecule has 0 spiro atoms. The molecule has 1 atom stereocenters. The zero-order valence-corrected chi connectivity index (χ0v) is 10.4. The highest BCUT2D eigenvalue weighted by Crippen LogP contribution is 2.04. The van der Waals surface area contributed by atoms with Gasteiger partial charge in [-0.3, -0.25) is 9.48 Å². The van der Waals surface area contributed by atoms with Crippen molar-refractivity contribution in [3.8, 4) is 12.3 Å². The van der Waals surface area contributed by atoms with Gasteiger partial charge in [0.15, 0.2) is 0 Å². The number of amides is 1. The molecule has 2 N–H and O–H groups in total. The first kappa shape index (κ1) is 13.3. The van der Waals surface area contributed by atoms with Crippen molar-refractivity contribution in [2.45, 2.75) is 26.4 Å². The Balaban J connectivity index is 2.43. The predicted molar refractivity (Wildman–Crippen MR) is 66.1 cm³/mol. The molecule has 0 aliphatic heterocycles. The summed E-state index contributed by atoms with van der Waals surface area (Å²) in [6.07, 6.45) is 6.87. The van der Waals surface area contributed by atoms with Gasteiger partial charge in [0.1, 0.15) is 0 Å². The molecular formula is C12H18N4O. The van der Waals surface area contributed by atoms with Crippen LogP contribution in [0.4, 0.5) is 0 Å². The van der Waals surface area contributed by atoms with Crippen LogP contribution < -0.4 is 10.6 Å². The van der Waals surface area contributed by atoms with Gasteiger partial charge < -0.3 is 10.6 Å². The summed E-state index contributed by atoms with van der Waals surface area (Å²) in [5, 5.41) is 9.90. The van der Waals surface area contributed by atoms with E-state index >= 15 is 0 Å². The maximum Gasteiger partial charge on any atom is 0.237 e. The summed E-state index contributed by atoms with van der Waals surface area (Å²) in [5.41, 5.74) is 2.18. The van der Waals surface area contributed by atoms with E-state index in [9.17, 15) is 4.79 Å². The van der Waals surface area contributed by atoms with Gasteiger partial charge >= 0.3 is 0 Å². The molecule has 0 radical (unpaired) electrons. The Kier molecular flexibility index (Phi) is 4.73. The number of rotatable bonds is 5. The van der Waals surface area contributed by atoms with Gasteiger partial charge in [0, 0.05) is 24.8 Å². The molecule has 1 aromatic rings. The van der Waals surface area contributed by atoms with Crippen LogP contribution in [0.1, 0.15) is 18.2 Å². The van der Waals surface area contributed by atoms with Crippen molar-refractivity contribution < 1.29 is 4.79 Å². The molecule has 1 heterocycles. The summed E-state index contributed by atoms with van der Waals surface area (Å²) >= 11 is 0. The van der Waals surface area contributed by atoms with Gasteiger partial charge in [-0.1, -0.05) is 5.92 Å². The van der Waals surface area contributed by atoms with E-state index in [1.54, 1.807) is 17.8 Å². The monoisotopic (exact) mass is 234 g/mol. The van der Waals surface area contributed by atoms with Crippen LogP contribution in [0.5, 0.6) is 0 Å². The minimum absolute atomic E-state index is 0.0931. The summed E-state index contributed by atoms with van der Waals surface area (Å²) < 4.78 is 1.81. The van der Waals surface area contributed by atoms with Crippen molar-refractivity contribution in [1.82, 2.24) is 20.4 Å². The quantitative estimate of drug-likeness (QED) is 0.703. The highest BCUT2D eigenvalue weighted by Gasteiger charge is 2.12. The number of carbonyl (C=O) groups excluding carboxylic acids is 1. The molecule has 0 saturated carbocycles. The summed E-state index contributed by atoms with van der Waals surface area (Å²) in [6.45, 7) is 4.67. The largest absolute Gasteiger partial charge is 0.344 e. The lowest BCUT2D eigenvalue weighted by Gasteiger charge is -2.12. The van der Waals surface area contributed by atoms with Gasteiger partial charge in [-0.2, -0.15) is 5.10 Å². The summed E-state index contributed by atoms with van der Waals surface area (Å²) in [5.74, 6) is 2.27. The van der Waals surface area contributed by atoms with E-state index in [4.69, 9.17) is 6.42 Å². The molecule has 92 valence electrons. The van der Waals surface area contributed by atoms with Gasteiger partial charge in [0.2, 0.25) is 5.91 Å².